The van der Waals surface area contributed by atoms with Gasteiger partial charge in [-0.1, -0.05) is 127 Å². The Balaban J connectivity index is 2.37. The summed E-state index contributed by atoms with van der Waals surface area (Å²) >= 11 is 0. The molecule has 0 bridgehead atoms. The van der Waals surface area contributed by atoms with Crippen molar-refractivity contribution in [2.45, 2.75) is 192 Å². The molecule has 0 aromatic rings. The number of rotatable bonds is 40. The van der Waals surface area contributed by atoms with Crippen molar-refractivity contribution in [2.75, 3.05) is 26.4 Å². The number of phosphoric ester groups is 2. The third-order valence-electron chi connectivity index (χ3n) is 9.44. The highest BCUT2D eigenvalue weighted by Gasteiger charge is 2.36. The van der Waals surface area contributed by atoms with Crippen LogP contribution in [-0.2, 0) is 46.5 Å². The molecule has 14 nitrogen and oxygen atoms in total. The molecule has 4 N–H and O–H groups in total. The zero-order valence-electron chi connectivity index (χ0n) is 35.3. The molecule has 0 aromatic heterocycles. The molecule has 0 saturated carbocycles. The molecule has 0 aromatic carbocycles. The second-order valence-electron chi connectivity index (χ2n) is 15.0. The van der Waals surface area contributed by atoms with Gasteiger partial charge in [0.05, 0.1) is 32.0 Å². The molecular formula is C42H76O14P2. The summed E-state index contributed by atoms with van der Waals surface area (Å²) in [6, 6.07) is 0. The first kappa shape index (κ1) is 54.3. The molecule has 1 fully saturated rings. The lowest BCUT2D eigenvalue weighted by Crippen LogP contribution is -2.30. The van der Waals surface area contributed by atoms with Gasteiger partial charge in [-0.15, -0.1) is 0 Å². The molecule has 338 valence electrons. The lowest BCUT2D eigenvalue weighted by molar-refractivity contribution is -0.161. The zero-order valence-corrected chi connectivity index (χ0v) is 37.1. The Morgan fingerprint density at radius 3 is 1.74 bits per heavy atom. The Kier molecular flexibility index (Phi) is 32.7. The molecule has 0 aliphatic carbocycles. The van der Waals surface area contributed by atoms with Crippen LogP contribution in [-0.4, -0.2) is 82.6 Å². The summed E-state index contributed by atoms with van der Waals surface area (Å²) in [5.74, 6) is -1.07. The van der Waals surface area contributed by atoms with Gasteiger partial charge < -0.3 is 34.0 Å². The van der Waals surface area contributed by atoms with Crippen molar-refractivity contribution < 1.29 is 66.3 Å². The lowest BCUT2D eigenvalue weighted by atomic mass is 10.1. The molecule has 58 heavy (non-hydrogen) atoms. The van der Waals surface area contributed by atoms with Gasteiger partial charge in [0, 0.05) is 12.8 Å². The highest BCUT2D eigenvalue weighted by molar-refractivity contribution is 7.47. The molecule has 16 heteroatoms. The molecule has 3 unspecified atom stereocenters. The van der Waals surface area contributed by atoms with Crippen LogP contribution in [0.15, 0.2) is 36.5 Å². The molecule has 5 atom stereocenters. The van der Waals surface area contributed by atoms with Gasteiger partial charge in [-0.3, -0.25) is 23.2 Å². The number of unbranched alkanes of at least 4 members (excludes halogenated alkanes) is 16. The van der Waals surface area contributed by atoms with Crippen LogP contribution in [0.2, 0.25) is 0 Å². The maximum Gasteiger partial charge on any atom is 0.472 e. The number of epoxide rings is 1. The van der Waals surface area contributed by atoms with Crippen LogP contribution in [0.4, 0.5) is 0 Å². The SMILES string of the molecule is CCCCCC/C=C\C=C/CCCCCCCC(=O)OC[C@H](COP(=O)(O)OC[C@@H](O)COP(=O)(O)O)OC(=O)CCCCCCC/C=C\CC1OC1CCCCC. The standard InChI is InChI=1S/C42H76O14P2/c1-3-5-7-8-9-10-11-12-13-14-15-16-20-23-27-31-41(44)51-35-38(36-54-58(49,50)53-34-37(43)33-52-57(46,47)48)55-42(45)32-28-24-21-18-17-19-22-26-30-40-39(56-40)29-25-6-4-2/h10-13,22,26,37-40,43H,3-9,14-21,23-25,27-36H2,1-2H3,(H,49,50)(H2,46,47,48)/b11-10-,13-12-,26-22-/t37-,38+,39?,40?/m0/s1. The number of aliphatic hydroxyl groups excluding tert-OH is 1. The van der Waals surface area contributed by atoms with Crippen LogP contribution in [0.5, 0.6) is 0 Å². The predicted molar refractivity (Wildman–Crippen MR) is 225 cm³/mol. The summed E-state index contributed by atoms with van der Waals surface area (Å²) < 4.78 is 53.5. The van der Waals surface area contributed by atoms with E-state index in [-0.39, 0.29) is 12.8 Å². The minimum absolute atomic E-state index is 0.107. The number of allylic oxidation sites excluding steroid dienone is 5. The van der Waals surface area contributed by atoms with Crippen LogP contribution in [0.3, 0.4) is 0 Å². The Morgan fingerprint density at radius 1 is 0.603 bits per heavy atom. The van der Waals surface area contributed by atoms with Crippen molar-refractivity contribution in [3.8, 4) is 0 Å². The van der Waals surface area contributed by atoms with E-state index in [1.165, 1.54) is 44.9 Å². The topological polar surface area (TPSA) is 208 Å². The molecular weight excluding hydrogens is 790 g/mol. The van der Waals surface area contributed by atoms with Crippen molar-refractivity contribution in [3.63, 3.8) is 0 Å². The first-order valence-corrected chi connectivity index (χ1v) is 24.8. The summed E-state index contributed by atoms with van der Waals surface area (Å²) in [6.07, 6.45) is 34.5. The predicted octanol–water partition coefficient (Wildman–Crippen LogP) is 9.88. The van der Waals surface area contributed by atoms with E-state index < -0.39 is 66.2 Å². The first-order valence-electron chi connectivity index (χ1n) is 21.8. The van der Waals surface area contributed by atoms with Crippen LogP contribution < -0.4 is 0 Å². The summed E-state index contributed by atoms with van der Waals surface area (Å²) in [7, 11) is -9.68. The van der Waals surface area contributed by atoms with Crippen molar-refractivity contribution in [1.82, 2.24) is 0 Å². The van der Waals surface area contributed by atoms with Gasteiger partial charge in [0.15, 0.2) is 6.10 Å². The summed E-state index contributed by atoms with van der Waals surface area (Å²) in [6.45, 7) is 1.67. The van der Waals surface area contributed by atoms with Gasteiger partial charge in [0.1, 0.15) is 12.7 Å². The van der Waals surface area contributed by atoms with Gasteiger partial charge in [-0.25, -0.2) is 9.13 Å². The Morgan fingerprint density at radius 2 is 1.12 bits per heavy atom. The number of carbonyl (C=O) groups excluding carboxylic acids is 2. The molecule has 1 saturated heterocycles. The fourth-order valence-electron chi connectivity index (χ4n) is 5.99. The maximum atomic E-state index is 12.7. The van der Waals surface area contributed by atoms with E-state index in [2.05, 4.69) is 59.4 Å². The van der Waals surface area contributed by atoms with E-state index >= 15 is 0 Å². The molecule has 1 heterocycles. The highest BCUT2D eigenvalue weighted by atomic mass is 31.2. The number of aliphatic hydroxyl groups is 1. The average Bonchev–Trinajstić information content (AvgIpc) is 3.94. The third kappa shape index (κ3) is 35.1. The minimum Gasteiger partial charge on any atom is -0.462 e. The van der Waals surface area contributed by atoms with Crippen molar-refractivity contribution in [3.05, 3.63) is 36.5 Å². The summed E-state index contributed by atoms with van der Waals surface area (Å²) in [4.78, 5) is 52.7. The van der Waals surface area contributed by atoms with Crippen molar-refractivity contribution in [1.29, 1.82) is 0 Å². The van der Waals surface area contributed by atoms with E-state index in [4.69, 9.17) is 28.5 Å². The fourth-order valence-corrected chi connectivity index (χ4v) is 7.15. The van der Waals surface area contributed by atoms with Gasteiger partial charge in [-0.2, -0.15) is 0 Å². The van der Waals surface area contributed by atoms with E-state index in [1.54, 1.807) is 0 Å². The van der Waals surface area contributed by atoms with E-state index in [0.717, 1.165) is 83.5 Å². The summed E-state index contributed by atoms with van der Waals surface area (Å²) in [5, 5.41) is 9.74. The van der Waals surface area contributed by atoms with Crippen LogP contribution in [0.25, 0.3) is 0 Å². The summed E-state index contributed by atoms with van der Waals surface area (Å²) in [5.41, 5.74) is 0. The van der Waals surface area contributed by atoms with Gasteiger partial charge in [0.25, 0.3) is 0 Å². The Hall–Kier alpha value is -1.70. The van der Waals surface area contributed by atoms with E-state index in [1.807, 2.05) is 0 Å². The first-order chi connectivity index (χ1) is 27.8. The Labute approximate surface area is 348 Å². The normalized spacial score (nSPS) is 17.9. The molecule has 1 aliphatic heterocycles. The minimum atomic E-state index is -4.87. The van der Waals surface area contributed by atoms with Gasteiger partial charge in [-0.05, 0) is 64.2 Å². The number of hydrogen-bond donors (Lipinski definition) is 4. The van der Waals surface area contributed by atoms with Crippen LogP contribution in [0.1, 0.15) is 168 Å². The smallest absolute Gasteiger partial charge is 0.462 e. The number of carbonyl (C=O) groups is 2. The van der Waals surface area contributed by atoms with Crippen LogP contribution >= 0.6 is 15.6 Å². The second-order valence-corrected chi connectivity index (χ2v) is 17.7. The number of ether oxygens (including phenoxy) is 3. The fraction of sp³-hybridized carbons (Fsp3) is 0.810. The third-order valence-corrected chi connectivity index (χ3v) is 10.9. The van der Waals surface area contributed by atoms with Gasteiger partial charge >= 0.3 is 27.6 Å². The number of hydrogen-bond acceptors (Lipinski definition) is 11. The quantitative estimate of drug-likeness (QED) is 0.0113. The van der Waals surface area contributed by atoms with E-state index in [9.17, 15) is 28.7 Å². The Bertz CT molecular complexity index is 1240. The lowest BCUT2D eigenvalue weighted by Gasteiger charge is -2.20. The number of phosphoric acid groups is 2. The van der Waals surface area contributed by atoms with Crippen molar-refractivity contribution in [2.24, 2.45) is 0 Å². The van der Waals surface area contributed by atoms with E-state index in [0.29, 0.717) is 25.0 Å². The average molecular weight is 867 g/mol. The molecule has 0 spiro atoms. The van der Waals surface area contributed by atoms with Gasteiger partial charge in [0.2, 0.25) is 0 Å². The number of esters is 2. The van der Waals surface area contributed by atoms with Crippen LogP contribution in [0, 0.1) is 0 Å². The molecule has 0 amide bonds. The maximum absolute atomic E-state index is 12.7. The molecule has 0 radical (unpaired) electrons. The molecule has 1 aliphatic rings. The monoisotopic (exact) mass is 866 g/mol. The second kappa shape index (κ2) is 35.0. The molecule has 1 rings (SSSR count). The highest BCUT2D eigenvalue weighted by Crippen LogP contribution is 2.44. The van der Waals surface area contributed by atoms with Crippen molar-refractivity contribution >= 4 is 27.6 Å². The largest absolute Gasteiger partial charge is 0.472 e. The zero-order chi connectivity index (χ0) is 42.7.